The molecule has 1 aliphatic heterocycles. The molecule has 0 bridgehead atoms. The first-order chi connectivity index (χ1) is 16.6. The van der Waals surface area contributed by atoms with Gasteiger partial charge in [0.25, 0.3) is 11.5 Å². The Kier molecular flexibility index (Phi) is 6.77. The number of nitrogens with zero attached hydrogens (tertiary/aromatic N) is 4. The fraction of sp³-hybridized carbons (Fsp3) is 0.519. The molecule has 2 aromatic rings. The highest BCUT2D eigenvalue weighted by atomic mass is 16.3. The standard InChI is InChI=1S/C27H36N4O4/c1-28(2)24(33)22-17-31(23(32)16-21(22)20-10-6-5-7-11-20)19-27(35)14-15-30(25(34)29(3)4)18-26(27)12-8-9-13-26/h5-7,10-11,16-17,35H,8-9,12-15,18-19H2,1-4H3. The first kappa shape index (κ1) is 25.0. The maximum atomic E-state index is 13.3. The van der Waals surface area contributed by atoms with Crippen molar-refractivity contribution in [1.29, 1.82) is 0 Å². The summed E-state index contributed by atoms with van der Waals surface area (Å²) < 4.78 is 1.49. The average Bonchev–Trinajstić information content (AvgIpc) is 3.31. The molecule has 1 unspecified atom stereocenters. The zero-order valence-corrected chi connectivity index (χ0v) is 21.2. The number of urea groups is 1. The van der Waals surface area contributed by atoms with E-state index in [-0.39, 0.29) is 24.0 Å². The van der Waals surface area contributed by atoms with Crippen molar-refractivity contribution >= 4 is 11.9 Å². The van der Waals surface area contributed by atoms with Crippen LogP contribution in [0.1, 0.15) is 42.5 Å². The first-order valence-corrected chi connectivity index (χ1v) is 12.3. The van der Waals surface area contributed by atoms with Crippen molar-refractivity contribution in [1.82, 2.24) is 19.3 Å². The minimum absolute atomic E-state index is 0.0541. The zero-order valence-electron chi connectivity index (χ0n) is 21.2. The van der Waals surface area contributed by atoms with E-state index in [9.17, 15) is 19.5 Å². The number of hydrogen-bond donors (Lipinski definition) is 1. The number of pyridine rings is 1. The number of hydrogen-bond acceptors (Lipinski definition) is 4. The van der Waals surface area contributed by atoms with Gasteiger partial charge in [0.15, 0.2) is 0 Å². The van der Waals surface area contributed by atoms with Crippen LogP contribution in [0, 0.1) is 5.41 Å². The minimum Gasteiger partial charge on any atom is -0.387 e. The van der Waals surface area contributed by atoms with Crippen LogP contribution in [0.5, 0.6) is 0 Å². The van der Waals surface area contributed by atoms with Crippen LogP contribution >= 0.6 is 0 Å². The van der Waals surface area contributed by atoms with Crippen molar-refractivity contribution in [2.75, 3.05) is 41.3 Å². The number of benzene rings is 1. The third-order valence-electron chi connectivity index (χ3n) is 7.77. The van der Waals surface area contributed by atoms with Crippen molar-refractivity contribution in [3.05, 3.63) is 58.5 Å². The lowest BCUT2D eigenvalue weighted by molar-refractivity contribution is -0.136. The van der Waals surface area contributed by atoms with E-state index >= 15 is 0 Å². The second-order valence-corrected chi connectivity index (χ2v) is 10.5. The summed E-state index contributed by atoms with van der Waals surface area (Å²) in [5.74, 6) is -0.202. The molecule has 3 amide bonds. The number of rotatable bonds is 4. The minimum atomic E-state index is -1.15. The highest BCUT2D eigenvalue weighted by Gasteiger charge is 2.55. The van der Waals surface area contributed by atoms with Gasteiger partial charge in [-0.1, -0.05) is 43.2 Å². The summed E-state index contributed by atoms with van der Waals surface area (Å²) in [5.41, 5.74) is -0.0795. The molecule has 2 heterocycles. The van der Waals surface area contributed by atoms with E-state index in [4.69, 9.17) is 0 Å². The molecule has 0 radical (unpaired) electrons. The molecule has 8 heteroatoms. The molecule has 35 heavy (non-hydrogen) atoms. The molecule has 1 saturated heterocycles. The Morgan fingerprint density at radius 3 is 2.26 bits per heavy atom. The number of likely N-dealkylation sites (tertiary alicyclic amines) is 1. The quantitative estimate of drug-likeness (QED) is 0.729. The maximum Gasteiger partial charge on any atom is 0.319 e. The second kappa shape index (κ2) is 9.49. The predicted molar refractivity (Wildman–Crippen MR) is 135 cm³/mol. The van der Waals surface area contributed by atoms with Crippen LogP contribution in [0.15, 0.2) is 47.4 Å². The average molecular weight is 481 g/mol. The van der Waals surface area contributed by atoms with Crippen LogP contribution in [0.2, 0.25) is 0 Å². The molecular formula is C27H36N4O4. The molecular weight excluding hydrogens is 444 g/mol. The van der Waals surface area contributed by atoms with E-state index in [0.717, 1.165) is 31.2 Å². The highest BCUT2D eigenvalue weighted by Crippen LogP contribution is 2.51. The van der Waals surface area contributed by atoms with E-state index in [1.54, 1.807) is 39.3 Å². The Morgan fingerprint density at radius 2 is 1.66 bits per heavy atom. The molecule has 2 aliphatic rings. The van der Waals surface area contributed by atoms with Crippen molar-refractivity contribution in [3.8, 4) is 11.1 Å². The summed E-state index contributed by atoms with van der Waals surface area (Å²) in [7, 11) is 6.85. The lowest BCUT2D eigenvalue weighted by atomic mass is 9.66. The SMILES string of the molecule is CN(C)C(=O)c1cn(CC2(O)CCN(C(=O)N(C)C)CC23CCCC3)c(=O)cc1-c1ccccc1. The summed E-state index contributed by atoms with van der Waals surface area (Å²) in [6, 6.07) is 10.8. The van der Waals surface area contributed by atoms with Crippen molar-refractivity contribution in [3.63, 3.8) is 0 Å². The van der Waals surface area contributed by atoms with Crippen LogP contribution in [-0.2, 0) is 6.54 Å². The van der Waals surface area contributed by atoms with E-state index in [1.165, 1.54) is 15.5 Å². The summed E-state index contributed by atoms with van der Waals surface area (Å²) in [6.45, 7) is 0.995. The number of aliphatic hydroxyl groups is 1. The summed E-state index contributed by atoms with van der Waals surface area (Å²) in [5, 5.41) is 12.1. The monoisotopic (exact) mass is 480 g/mol. The highest BCUT2D eigenvalue weighted by molar-refractivity contribution is 6.00. The first-order valence-electron chi connectivity index (χ1n) is 12.3. The van der Waals surface area contributed by atoms with Crippen LogP contribution in [-0.4, -0.2) is 83.2 Å². The van der Waals surface area contributed by atoms with Gasteiger partial charge in [-0.25, -0.2) is 4.79 Å². The Bertz CT molecular complexity index is 1150. The molecule has 1 N–H and O–H groups in total. The van der Waals surface area contributed by atoms with Crippen molar-refractivity contribution < 1.29 is 14.7 Å². The van der Waals surface area contributed by atoms with Crippen molar-refractivity contribution in [2.24, 2.45) is 5.41 Å². The number of amides is 3. The van der Waals surface area contributed by atoms with E-state index in [2.05, 4.69) is 0 Å². The van der Waals surface area contributed by atoms with Gasteiger partial charge in [-0.2, -0.15) is 0 Å². The van der Waals surface area contributed by atoms with Gasteiger partial charge < -0.3 is 24.4 Å². The summed E-state index contributed by atoms with van der Waals surface area (Å²) in [4.78, 5) is 44.0. The van der Waals surface area contributed by atoms with Gasteiger partial charge in [-0.3, -0.25) is 9.59 Å². The molecule has 2 fully saturated rings. The molecule has 1 spiro atoms. The van der Waals surface area contributed by atoms with Gasteiger partial charge in [-0.15, -0.1) is 0 Å². The van der Waals surface area contributed by atoms with Gasteiger partial charge in [-0.05, 0) is 24.8 Å². The summed E-state index contributed by atoms with van der Waals surface area (Å²) >= 11 is 0. The number of aromatic nitrogens is 1. The normalized spacial score (nSPS) is 21.2. The van der Waals surface area contributed by atoms with E-state index in [0.29, 0.717) is 30.6 Å². The number of piperidine rings is 1. The molecule has 1 atom stereocenters. The molecule has 1 aromatic heterocycles. The Hall–Kier alpha value is -3.13. The maximum absolute atomic E-state index is 13.3. The Labute approximate surface area is 206 Å². The third-order valence-corrected chi connectivity index (χ3v) is 7.77. The zero-order chi connectivity index (χ0) is 25.4. The van der Waals surface area contributed by atoms with E-state index < -0.39 is 11.0 Å². The van der Waals surface area contributed by atoms with Crippen molar-refractivity contribution in [2.45, 2.75) is 44.2 Å². The Morgan fingerprint density at radius 1 is 1.00 bits per heavy atom. The Balaban J connectivity index is 1.74. The molecule has 1 aromatic carbocycles. The lowest BCUT2D eigenvalue weighted by Crippen LogP contribution is -2.63. The van der Waals surface area contributed by atoms with Gasteiger partial charge in [0.2, 0.25) is 0 Å². The van der Waals surface area contributed by atoms with Gasteiger partial charge in [0.1, 0.15) is 0 Å². The molecule has 1 aliphatic carbocycles. The fourth-order valence-electron chi connectivity index (χ4n) is 5.79. The summed E-state index contributed by atoms with van der Waals surface area (Å²) in [6.07, 6.45) is 5.57. The van der Waals surface area contributed by atoms with Gasteiger partial charge >= 0.3 is 6.03 Å². The second-order valence-electron chi connectivity index (χ2n) is 10.5. The molecule has 8 nitrogen and oxygen atoms in total. The fourth-order valence-corrected chi connectivity index (χ4v) is 5.79. The number of carbonyl (C=O) groups excluding carboxylic acids is 2. The van der Waals surface area contributed by atoms with E-state index in [1.807, 2.05) is 35.2 Å². The molecule has 188 valence electrons. The van der Waals surface area contributed by atoms with Crippen LogP contribution < -0.4 is 5.56 Å². The number of carbonyl (C=O) groups is 2. The molecule has 1 saturated carbocycles. The van der Waals surface area contributed by atoms with Crippen LogP contribution in [0.25, 0.3) is 11.1 Å². The van der Waals surface area contributed by atoms with Gasteiger partial charge in [0, 0.05) is 64.5 Å². The van der Waals surface area contributed by atoms with Crippen LogP contribution in [0.3, 0.4) is 0 Å². The topological polar surface area (TPSA) is 86.1 Å². The third kappa shape index (κ3) is 4.59. The largest absolute Gasteiger partial charge is 0.387 e. The van der Waals surface area contributed by atoms with Crippen LogP contribution in [0.4, 0.5) is 4.79 Å². The molecule has 4 rings (SSSR count). The smallest absolute Gasteiger partial charge is 0.319 e. The lowest BCUT2D eigenvalue weighted by Gasteiger charge is -2.52. The van der Waals surface area contributed by atoms with Gasteiger partial charge in [0.05, 0.1) is 17.7 Å². The predicted octanol–water partition coefficient (Wildman–Crippen LogP) is 2.90.